The number of aromatic amines is 1. The van der Waals surface area contributed by atoms with E-state index in [0.717, 1.165) is 30.7 Å². The second-order valence-corrected chi connectivity index (χ2v) is 5.46. The zero-order valence-corrected chi connectivity index (χ0v) is 13.0. The zero-order valence-electron chi connectivity index (χ0n) is 13.0. The molecular weight excluding hydrogens is 274 g/mol. The summed E-state index contributed by atoms with van der Waals surface area (Å²) in [6.45, 7) is 6.23. The molecule has 0 atom stereocenters. The van der Waals surface area contributed by atoms with E-state index in [2.05, 4.69) is 41.9 Å². The number of hydrogen-bond donors (Lipinski definition) is 2. The molecular formula is C18H21N3O. The number of H-pyrrole nitrogens is 1. The van der Waals surface area contributed by atoms with E-state index in [1.165, 1.54) is 16.6 Å². The highest BCUT2D eigenvalue weighted by molar-refractivity contribution is 6.02. The molecule has 1 aromatic heterocycles. The second kappa shape index (κ2) is 5.72. The van der Waals surface area contributed by atoms with Gasteiger partial charge in [0.05, 0.1) is 11.2 Å². The van der Waals surface area contributed by atoms with Gasteiger partial charge in [-0.3, -0.25) is 4.79 Å². The normalized spacial score (nSPS) is 13.6. The number of benzene rings is 1. The van der Waals surface area contributed by atoms with Gasteiger partial charge < -0.3 is 15.6 Å². The fraction of sp³-hybridized carbons (Fsp3) is 0.278. The van der Waals surface area contributed by atoms with Crippen LogP contribution in [0.2, 0.25) is 0 Å². The Morgan fingerprint density at radius 3 is 2.77 bits per heavy atom. The number of anilines is 1. The van der Waals surface area contributed by atoms with Gasteiger partial charge in [-0.1, -0.05) is 24.3 Å². The molecule has 0 saturated carbocycles. The molecule has 1 aromatic carbocycles. The first-order valence-corrected chi connectivity index (χ1v) is 7.72. The van der Waals surface area contributed by atoms with E-state index in [9.17, 15) is 4.79 Å². The number of allylic oxidation sites excluding steroid dienone is 1. The van der Waals surface area contributed by atoms with Gasteiger partial charge in [-0.25, -0.2) is 0 Å². The molecule has 1 aliphatic rings. The van der Waals surface area contributed by atoms with Crippen molar-refractivity contribution in [2.75, 3.05) is 18.0 Å². The molecule has 1 aliphatic carbocycles. The summed E-state index contributed by atoms with van der Waals surface area (Å²) in [5.41, 5.74) is 10.5. The Morgan fingerprint density at radius 2 is 2.09 bits per heavy atom. The van der Waals surface area contributed by atoms with Crippen LogP contribution in [-0.2, 0) is 11.2 Å². The number of nitrogens with two attached hydrogens (primary N) is 1. The Morgan fingerprint density at radius 1 is 1.32 bits per heavy atom. The van der Waals surface area contributed by atoms with E-state index in [1.54, 1.807) is 6.08 Å². The van der Waals surface area contributed by atoms with Gasteiger partial charge in [0.15, 0.2) is 0 Å². The van der Waals surface area contributed by atoms with Gasteiger partial charge in [0.1, 0.15) is 0 Å². The van der Waals surface area contributed by atoms with Gasteiger partial charge >= 0.3 is 0 Å². The first-order chi connectivity index (χ1) is 10.7. The Kier molecular flexibility index (Phi) is 3.75. The molecule has 2 aromatic rings. The van der Waals surface area contributed by atoms with Crippen molar-refractivity contribution in [1.29, 1.82) is 0 Å². The van der Waals surface area contributed by atoms with E-state index < -0.39 is 5.91 Å². The maximum atomic E-state index is 11.5. The summed E-state index contributed by atoms with van der Waals surface area (Å²) in [7, 11) is 0. The molecule has 0 aliphatic heterocycles. The number of carbonyl (C=O) groups excluding carboxylic acids is 1. The summed E-state index contributed by atoms with van der Waals surface area (Å²) in [6.07, 6.45) is 6.45. The van der Waals surface area contributed by atoms with E-state index in [4.69, 9.17) is 5.73 Å². The summed E-state index contributed by atoms with van der Waals surface area (Å²) in [5, 5.41) is 1.21. The molecule has 0 bridgehead atoms. The molecule has 1 amide bonds. The zero-order chi connectivity index (χ0) is 15.7. The average Bonchev–Trinajstić information content (AvgIpc) is 2.72. The lowest BCUT2D eigenvalue weighted by Gasteiger charge is -2.21. The number of fused-ring (bicyclic) bond motifs is 3. The molecule has 114 valence electrons. The number of rotatable bonds is 4. The highest BCUT2D eigenvalue weighted by Crippen LogP contribution is 2.33. The number of nitrogens with one attached hydrogen (secondary N) is 1. The molecule has 0 saturated heterocycles. The fourth-order valence-electron chi connectivity index (χ4n) is 3.11. The van der Waals surface area contributed by atoms with E-state index in [1.807, 2.05) is 12.2 Å². The van der Waals surface area contributed by atoms with Crippen molar-refractivity contribution >= 4 is 28.6 Å². The lowest BCUT2D eigenvalue weighted by atomic mass is 10.1. The molecule has 22 heavy (non-hydrogen) atoms. The Bertz CT molecular complexity index is 779. The van der Waals surface area contributed by atoms with Crippen LogP contribution in [0.3, 0.4) is 0 Å². The molecule has 1 heterocycles. The molecule has 4 heteroatoms. The van der Waals surface area contributed by atoms with Crippen molar-refractivity contribution in [3.63, 3.8) is 0 Å². The van der Waals surface area contributed by atoms with Gasteiger partial charge in [-0.2, -0.15) is 0 Å². The number of nitrogens with zero attached hydrogens (tertiary/aromatic N) is 1. The summed E-state index contributed by atoms with van der Waals surface area (Å²) < 4.78 is 0. The van der Waals surface area contributed by atoms with Crippen LogP contribution < -0.4 is 10.6 Å². The summed E-state index contributed by atoms with van der Waals surface area (Å²) in [6, 6.07) is 6.37. The van der Waals surface area contributed by atoms with Crippen LogP contribution in [0.1, 0.15) is 25.1 Å². The van der Waals surface area contributed by atoms with Crippen LogP contribution in [-0.4, -0.2) is 24.0 Å². The highest BCUT2D eigenvalue weighted by atomic mass is 16.1. The van der Waals surface area contributed by atoms with E-state index in [-0.39, 0.29) is 0 Å². The van der Waals surface area contributed by atoms with Gasteiger partial charge in [0.2, 0.25) is 5.91 Å². The largest absolute Gasteiger partial charge is 0.370 e. The van der Waals surface area contributed by atoms with Gasteiger partial charge in [-0.05, 0) is 38.0 Å². The second-order valence-electron chi connectivity index (χ2n) is 5.46. The van der Waals surface area contributed by atoms with Crippen molar-refractivity contribution in [1.82, 2.24) is 4.98 Å². The predicted octanol–water partition coefficient (Wildman–Crippen LogP) is 3.00. The van der Waals surface area contributed by atoms with Gasteiger partial charge in [0.25, 0.3) is 0 Å². The molecule has 0 unspecified atom stereocenters. The van der Waals surface area contributed by atoms with Crippen LogP contribution in [0, 0.1) is 0 Å². The number of primary amides is 1. The number of aromatic nitrogens is 1. The lowest BCUT2D eigenvalue weighted by Crippen LogP contribution is -2.21. The van der Waals surface area contributed by atoms with Crippen LogP contribution >= 0.6 is 0 Å². The van der Waals surface area contributed by atoms with Crippen LogP contribution in [0.25, 0.3) is 17.0 Å². The molecule has 3 rings (SSSR count). The minimum Gasteiger partial charge on any atom is -0.370 e. The van der Waals surface area contributed by atoms with Crippen molar-refractivity contribution in [3.8, 4) is 0 Å². The van der Waals surface area contributed by atoms with E-state index in [0.29, 0.717) is 5.57 Å². The number of hydrogen-bond acceptors (Lipinski definition) is 2. The lowest BCUT2D eigenvalue weighted by molar-refractivity contribution is -0.114. The summed E-state index contributed by atoms with van der Waals surface area (Å²) in [4.78, 5) is 17.3. The fourth-order valence-corrected chi connectivity index (χ4v) is 3.11. The molecule has 4 nitrogen and oxygen atoms in total. The minimum absolute atomic E-state index is 0.397. The molecule has 0 radical (unpaired) electrons. The third-order valence-corrected chi connectivity index (χ3v) is 4.26. The average molecular weight is 295 g/mol. The summed E-state index contributed by atoms with van der Waals surface area (Å²) >= 11 is 0. The number of amides is 1. The monoisotopic (exact) mass is 295 g/mol. The van der Waals surface area contributed by atoms with E-state index >= 15 is 0 Å². The van der Waals surface area contributed by atoms with Crippen molar-refractivity contribution < 1.29 is 4.79 Å². The minimum atomic E-state index is -0.397. The third kappa shape index (κ3) is 2.30. The third-order valence-electron chi connectivity index (χ3n) is 4.26. The van der Waals surface area contributed by atoms with Crippen LogP contribution in [0.5, 0.6) is 0 Å². The maximum absolute atomic E-state index is 11.5. The van der Waals surface area contributed by atoms with Gasteiger partial charge in [-0.15, -0.1) is 0 Å². The topological polar surface area (TPSA) is 62.1 Å². The van der Waals surface area contributed by atoms with Crippen LogP contribution in [0.15, 0.2) is 35.9 Å². The smallest absolute Gasteiger partial charge is 0.248 e. The first kappa shape index (κ1) is 14.4. The standard InChI is InChI=1S/C18H21N3O/c1-3-21(4-2)16-10-6-9-14-13-8-5-7-12(18(19)22)11-15(13)20-17(14)16/h5-7,9-11,20H,3-4,8H2,1-2H3,(H2,19,22). The quantitative estimate of drug-likeness (QED) is 0.911. The molecule has 0 spiro atoms. The highest BCUT2D eigenvalue weighted by Gasteiger charge is 2.16. The Balaban J connectivity index is 2.22. The maximum Gasteiger partial charge on any atom is 0.248 e. The van der Waals surface area contributed by atoms with Crippen LogP contribution in [0.4, 0.5) is 5.69 Å². The number of para-hydroxylation sites is 1. The van der Waals surface area contributed by atoms with Crippen molar-refractivity contribution in [2.45, 2.75) is 20.3 Å². The predicted molar refractivity (Wildman–Crippen MR) is 91.9 cm³/mol. The number of carbonyl (C=O) groups is 1. The van der Waals surface area contributed by atoms with Crippen molar-refractivity contribution in [3.05, 3.63) is 47.2 Å². The molecule has 0 fully saturated rings. The SMILES string of the molecule is CCN(CC)c1cccc2c3c([nH]c12)C=C(C(N)=O)C=CC3. The Labute approximate surface area is 130 Å². The van der Waals surface area contributed by atoms with Crippen molar-refractivity contribution in [2.24, 2.45) is 5.73 Å². The first-order valence-electron chi connectivity index (χ1n) is 7.72. The summed E-state index contributed by atoms with van der Waals surface area (Å²) in [5.74, 6) is -0.397. The Hall–Kier alpha value is -2.49. The molecule has 3 N–H and O–H groups in total. The van der Waals surface area contributed by atoms with Gasteiger partial charge in [0, 0.05) is 29.7 Å².